The van der Waals surface area contributed by atoms with Crippen LogP contribution in [0.4, 0.5) is 13.2 Å². The lowest BCUT2D eigenvalue weighted by Crippen LogP contribution is -3.10. The molecule has 2 atom stereocenters. The minimum absolute atomic E-state index is 0.0346. The van der Waals surface area contributed by atoms with E-state index in [4.69, 9.17) is 0 Å². The molecule has 4 nitrogen and oxygen atoms in total. The van der Waals surface area contributed by atoms with Gasteiger partial charge in [0.2, 0.25) is 0 Å². The van der Waals surface area contributed by atoms with Crippen LogP contribution < -0.4 is 10.2 Å². The van der Waals surface area contributed by atoms with Gasteiger partial charge in [-0.1, -0.05) is 12.1 Å². The summed E-state index contributed by atoms with van der Waals surface area (Å²) in [7, 11) is 1.77. The highest BCUT2D eigenvalue weighted by molar-refractivity contribution is 7.18. The molecule has 0 bridgehead atoms. The molecule has 1 unspecified atom stereocenters. The molecule has 22 heavy (non-hydrogen) atoms. The summed E-state index contributed by atoms with van der Waals surface area (Å²) in [4.78, 5) is 16.9. The van der Waals surface area contributed by atoms with Crippen molar-refractivity contribution in [2.45, 2.75) is 19.1 Å². The summed E-state index contributed by atoms with van der Waals surface area (Å²) in [5, 5.41) is 2.75. The summed E-state index contributed by atoms with van der Waals surface area (Å²) in [6.45, 7) is 0.575. The number of aromatic nitrogens is 1. The van der Waals surface area contributed by atoms with Gasteiger partial charge in [-0.2, -0.15) is 13.2 Å². The Bertz CT molecular complexity index is 623. The molecule has 0 aliphatic carbocycles. The van der Waals surface area contributed by atoms with Crippen LogP contribution in [-0.2, 0) is 4.79 Å². The van der Waals surface area contributed by atoms with Crippen molar-refractivity contribution >= 4 is 27.5 Å². The first-order chi connectivity index (χ1) is 10.3. The number of carbonyl (C=O) groups is 1. The quantitative estimate of drug-likeness (QED) is 0.873. The van der Waals surface area contributed by atoms with E-state index in [0.717, 1.165) is 20.1 Å². The zero-order chi connectivity index (χ0) is 16.3. The normalized spacial score (nSPS) is 14.8. The highest BCUT2D eigenvalue weighted by Crippen LogP contribution is 2.24. The summed E-state index contributed by atoms with van der Waals surface area (Å²) in [6.07, 6.45) is -4.39. The number of rotatable bonds is 5. The minimum atomic E-state index is -4.39. The smallest absolute Gasteiger partial charge is 0.342 e. The maximum Gasteiger partial charge on any atom is 0.405 e. The molecule has 0 saturated carbocycles. The van der Waals surface area contributed by atoms with E-state index in [-0.39, 0.29) is 12.6 Å². The Labute approximate surface area is 129 Å². The molecule has 120 valence electrons. The van der Waals surface area contributed by atoms with Gasteiger partial charge in [0.1, 0.15) is 12.6 Å². The molecular weight excluding hydrogens is 315 g/mol. The molecule has 1 aromatic heterocycles. The van der Waals surface area contributed by atoms with E-state index in [1.807, 2.05) is 36.5 Å². The Balaban J connectivity index is 1.96. The summed E-state index contributed by atoms with van der Waals surface area (Å²) < 4.78 is 37.3. The van der Waals surface area contributed by atoms with Crippen molar-refractivity contribution in [3.8, 4) is 0 Å². The second-order valence-electron chi connectivity index (χ2n) is 5.16. The zero-order valence-electron chi connectivity index (χ0n) is 12.2. The van der Waals surface area contributed by atoms with Crippen molar-refractivity contribution in [2.75, 3.05) is 20.1 Å². The number of alkyl halides is 3. The average Bonchev–Trinajstić information content (AvgIpc) is 2.87. The van der Waals surface area contributed by atoms with Crippen LogP contribution >= 0.6 is 11.3 Å². The fraction of sp³-hybridized carbons (Fsp3) is 0.429. The molecular formula is C14H17F3N3OS+. The molecule has 1 amide bonds. The molecule has 8 heteroatoms. The Hall–Kier alpha value is -1.67. The number of thiazole rings is 1. The Morgan fingerprint density at radius 3 is 2.73 bits per heavy atom. The number of amides is 1. The van der Waals surface area contributed by atoms with Gasteiger partial charge in [0.05, 0.1) is 17.3 Å². The predicted octanol–water partition coefficient (Wildman–Crippen LogP) is 1.55. The van der Waals surface area contributed by atoms with Crippen molar-refractivity contribution in [3.05, 3.63) is 29.3 Å². The highest BCUT2D eigenvalue weighted by Gasteiger charge is 2.29. The lowest BCUT2D eigenvalue weighted by molar-refractivity contribution is -0.902. The number of hydrogen-bond donors (Lipinski definition) is 2. The van der Waals surface area contributed by atoms with Gasteiger partial charge in [0.25, 0.3) is 5.91 Å². The van der Waals surface area contributed by atoms with E-state index in [1.54, 1.807) is 7.05 Å². The third-order valence-electron chi connectivity index (χ3n) is 3.35. The summed E-state index contributed by atoms with van der Waals surface area (Å²) in [5.74, 6) is -0.622. The van der Waals surface area contributed by atoms with E-state index >= 15 is 0 Å². The van der Waals surface area contributed by atoms with Gasteiger partial charge in [-0.3, -0.25) is 4.79 Å². The zero-order valence-corrected chi connectivity index (χ0v) is 13.0. The van der Waals surface area contributed by atoms with Gasteiger partial charge in [-0.15, -0.1) is 11.3 Å². The molecule has 2 rings (SSSR count). The fourth-order valence-electron chi connectivity index (χ4n) is 1.95. The van der Waals surface area contributed by atoms with Crippen molar-refractivity contribution in [3.63, 3.8) is 0 Å². The second kappa shape index (κ2) is 6.62. The summed E-state index contributed by atoms with van der Waals surface area (Å²) >= 11 is 1.53. The number of halogens is 3. The summed E-state index contributed by atoms with van der Waals surface area (Å²) in [6, 6.07) is 7.63. The minimum Gasteiger partial charge on any atom is -0.342 e. The van der Waals surface area contributed by atoms with Crippen LogP contribution in [0.3, 0.4) is 0 Å². The molecule has 0 fully saturated rings. The average molecular weight is 332 g/mol. The molecule has 1 aromatic carbocycles. The van der Waals surface area contributed by atoms with Crippen LogP contribution in [0.2, 0.25) is 0 Å². The number of quaternary nitrogens is 1. The van der Waals surface area contributed by atoms with Gasteiger partial charge in [-0.05, 0) is 19.1 Å². The molecule has 2 aromatic rings. The van der Waals surface area contributed by atoms with E-state index in [2.05, 4.69) is 4.98 Å². The molecule has 0 radical (unpaired) electrons. The van der Waals surface area contributed by atoms with Crippen molar-refractivity contribution < 1.29 is 22.9 Å². The predicted molar refractivity (Wildman–Crippen MR) is 78.9 cm³/mol. The molecule has 2 N–H and O–H groups in total. The first-order valence-electron chi connectivity index (χ1n) is 6.77. The third-order valence-corrected chi connectivity index (χ3v) is 4.56. The van der Waals surface area contributed by atoms with Crippen LogP contribution in [0.1, 0.15) is 18.0 Å². The number of hydrogen-bond acceptors (Lipinski definition) is 3. The topological polar surface area (TPSA) is 46.4 Å². The van der Waals surface area contributed by atoms with Crippen molar-refractivity contribution in [1.29, 1.82) is 0 Å². The lowest BCUT2D eigenvalue weighted by atomic mass is 10.3. The Morgan fingerprint density at radius 2 is 2.09 bits per heavy atom. The third kappa shape index (κ3) is 4.41. The molecule has 0 spiro atoms. The van der Waals surface area contributed by atoms with Crippen molar-refractivity contribution in [1.82, 2.24) is 10.3 Å². The molecule has 0 saturated heterocycles. The lowest BCUT2D eigenvalue weighted by Gasteiger charge is -2.19. The van der Waals surface area contributed by atoms with Gasteiger partial charge < -0.3 is 10.2 Å². The van der Waals surface area contributed by atoms with Crippen LogP contribution in [0.5, 0.6) is 0 Å². The highest BCUT2D eigenvalue weighted by atomic mass is 32.1. The number of nitrogens with zero attached hydrogens (tertiary/aromatic N) is 1. The van der Waals surface area contributed by atoms with E-state index in [9.17, 15) is 18.0 Å². The van der Waals surface area contributed by atoms with Crippen LogP contribution in [-0.4, -0.2) is 37.2 Å². The van der Waals surface area contributed by atoms with Gasteiger partial charge in [0, 0.05) is 0 Å². The maximum atomic E-state index is 12.1. The number of nitrogens with one attached hydrogen (secondary N) is 2. The Morgan fingerprint density at radius 1 is 1.41 bits per heavy atom. The summed E-state index contributed by atoms with van der Waals surface area (Å²) in [5.41, 5.74) is 0.892. The SMILES string of the molecule is C[C@H](c1nc2ccccc2s1)[NH+](C)CC(=O)NCC(F)(F)F. The number of para-hydroxylation sites is 1. The van der Waals surface area contributed by atoms with Crippen molar-refractivity contribution in [2.24, 2.45) is 0 Å². The standard InChI is InChI=1S/C14H16F3N3OS/c1-9(13-19-10-5-3-4-6-11(10)22-13)20(2)7-12(21)18-8-14(15,16)17/h3-6,9H,7-8H2,1-2H3,(H,18,21)/p+1/t9-/m1/s1. The maximum absolute atomic E-state index is 12.1. The van der Waals surface area contributed by atoms with E-state index in [1.165, 1.54) is 11.3 Å². The van der Waals surface area contributed by atoms with Crippen LogP contribution in [0.25, 0.3) is 10.2 Å². The van der Waals surface area contributed by atoms with E-state index in [0.29, 0.717) is 0 Å². The first-order valence-corrected chi connectivity index (χ1v) is 7.59. The largest absolute Gasteiger partial charge is 0.405 e. The van der Waals surface area contributed by atoms with E-state index < -0.39 is 18.6 Å². The van der Waals surface area contributed by atoms with Gasteiger partial charge in [-0.25, -0.2) is 4.98 Å². The monoisotopic (exact) mass is 332 g/mol. The van der Waals surface area contributed by atoms with Gasteiger partial charge >= 0.3 is 6.18 Å². The number of likely N-dealkylation sites (N-methyl/N-ethyl adjacent to an activating group) is 1. The number of fused-ring (bicyclic) bond motifs is 1. The molecule has 0 aliphatic rings. The van der Waals surface area contributed by atoms with Gasteiger partial charge in [0.15, 0.2) is 11.6 Å². The fourth-order valence-corrected chi connectivity index (χ4v) is 3.07. The molecule has 1 heterocycles. The second-order valence-corrected chi connectivity index (χ2v) is 6.22. The van der Waals surface area contributed by atoms with Crippen LogP contribution in [0.15, 0.2) is 24.3 Å². The number of carbonyl (C=O) groups excluding carboxylic acids is 1. The Kier molecular flexibility index (Phi) is 5.02. The van der Waals surface area contributed by atoms with Crippen LogP contribution in [0, 0.1) is 0 Å². The number of benzene rings is 1. The first kappa shape index (κ1) is 16.7. The molecule has 0 aliphatic heterocycles.